The molecule has 0 radical (unpaired) electrons. The minimum absolute atomic E-state index is 0.673. The first-order valence-electron chi connectivity index (χ1n) is 3.86. The fraction of sp³-hybridized carbons (Fsp3) is 0.125. The average Bonchev–Trinajstić information content (AvgIpc) is 2.63. The minimum atomic E-state index is 0.673. The number of pyridine rings is 1. The molecule has 2 rings (SSSR count). The van der Waals surface area contributed by atoms with Crippen molar-refractivity contribution in [2.45, 2.75) is 10.6 Å². The summed E-state index contributed by atoms with van der Waals surface area (Å²) >= 11 is 8.76. The summed E-state index contributed by atoms with van der Waals surface area (Å²) < 4.78 is 4.44. The van der Waals surface area contributed by atoms with Gasteiger partial charge in [0.05, 0.1) is 0 Å². The molecule has 0 saturated heterocycles. The summed E-state index contributed by atoms with van der Waals surface area (Å²) in [5.41, 5.74) is 0.846. The molecule has 0 aromatic carbocycles. The summed E-state index contributed by atoms with van der Waals surface area (Å²) in [4.78, 5) is 5.10. The van der Waals surface area contributed by atoms with Crippen molar-refractivity contribution in [3.05, 3.63) is 34.6 Å². The summed E-state index contributed by atoms with van der Waals surface area (Å²) in [7, 11) is 0. The first-order chi connectivity index (χ1) is 6.86. The van der Waals surface area contributed by atoms with Crippen molar-refractivity contribution in [2.75, 3.05) is 0 Å². The maximum atomic E-state index is 5.87. The Kier molecular flexibility index (Phi) is 3.34. The molecular formula is C8H6ClN3S2. The van der Waals surface area contributed by atoms with E-state index in [-0.39, 0.29) is 0 Å². The summed E-state index contributed by atoms with van der Waals surface area (Å²) in [6, 6.07) is 3.91. The molecule has 0 fully saturated rings. The monoisotopic (exact) mass is 243 g/mol. The molecule has 0 unspecified atom stereocenters. The van der Waals surface area contributed by atoms with Gasteiger partial charge in [-0.1, -0.05) is 16.1 Å². The van der Waals surface area contributed by atoms with Crippen molar-refractivity contribution in [3.63, 3.8) is 0 Å². The Morgan fingerprint density at radius 1 is 1.36 bits per heavy atom. The zero-order valence-corrected chi connectivity index (χ0v) is 9.44. The highest BCUT2D eigenvalue weighted by Gasteiger charge is 2.05. The summed E-state index contributed by atoms with van der Waals surface area (Å²) in [6.45, 7) is 0. The molecule has 2 aromatic heterocycles. The van der Waals surface area contributed by atoms with Crippen LogP contribution in [0.5, 0.6) is 0 Å². The molecule has 0 amide bonds. The van der Waals surface area contributed by atoms with Crippen molar-refractivity contribution < 1.29 is 0 Å². The van der Waals surface area contributed by atoms with Gasteiger partial charge in [0.25, 0.3) is 0 Å². The number of rotatable bonds is 3. The van der Waals surface area contributed by atoms with Crippen LogP contribution in [0.2, 0.25) is 4.34 Å². The first kappa shape index (κ1) is 9.89. The van der Waals surface area contributed by atoms with Crippen LogP contribution in [0, 0.1) is 0 Å². The van der Waals surface area contributed by atoms with Gasteiger partial charge in [-0.15, -0.1) is 16.9 Å². The van der Waals surface area contributed by atoms with Crippen LogP contribution in [-0.2, 0) is 5.75 Å². The molecule has 6 heteroatoms. The maximum Gasteiger partial charge on any atom is 0.138 e. The lowest BCUT2D eigenvalue weighted by Crippen LogP contribution is -1.82. The van der Waals surface area contributed by atoms with Crippen LogP contribution in [-0.4, -0.2) is 14.6 Å². The second kappa shape index (κ2) is 4.72. The molecule has 0 bridgehead atoms. The summed E-state index contributed by atoms with van der Waals surface area (Å²) in [6.07, 6.45) is 3.53. The van der Waals surface area contributed by atoms with Gasteiger partial charge < -0.3 is 0 Å². The molecule has 0 saturated carbocycles. The number of hydrogen-bond donors (Lipinski definition) is 0. The van der Waals surface area contributed by atoms with Crippen LogP contribution in [0.1, 0.15) is 5.69 Å². The SMILES string of the molecule is Clc1snnc1CSc1ccncc1. The molecule has 72 valence electrons. The minimum Gasteiger partial charge on any atom is -0.265 e. The Hall–Kier alpha value is -0.650. The lowest BCUT2D eigenvalue weighted by atomic mass is 10.5. The van der Waals surface area contributed by atoms with Crippen LogP contribution in [0.25, 0.3) is 0 Å². The van der Waals surface area contributed by atoms with Crippen LogP contribution in [0.4, 0.5) is 0 Å². The summed E-state index contributed by atoms with van der Waals surface area (Å²) in [5.74, 6) is 0.749. The van der Waals surface area contributed by atoms with Gasteiger partial charge in [-0.25, -0.2) is 0 Å². The van der Waals surface area contributed by atoms with E-state index in [9.17, 15) is 0 Å². The third kappa shape index (κ3) is 2.43. The smallest absolute Gasteiger partial charge is 0.138 e. The van der Waals surface area contributed by atoms with Crippen molar-refractivity contribution in [1.29, 1.82) is 0 Å². The molecule has 0 atom stereocenters. The first-order valence-corrected chi connectivity index (χ1v) is 5.99. The van der Waals surface area contributed by atoms with Gasteiger partial charge in [0.15, 0.2) is 0 Å². The second-order valence-electron chi connectivity index (χ2n) is 2.46. The lowest BCUT2D eigenvalue weighted by Gasteiger charge is -1.97. The maximum absolute atomic E-state index is 5.87. The van der Waals surface area contributed by atoms with Gasteiger partial charge in [-0.2, -0.15) is 0 Å². The fourth-order valence-electron chi connectivity index (χ4n) is 0.869. The van der Waals surface area contributed by atoms with Gasteiger partial charge in [0, 0.05) is 34.6 Å². The van der Waals surface area contributed by atoms with Crippen molar-refractivity contribution in [1.82, 2.24) is 14.6 Å². The van der Waals surface area contributed by atoms with E-state index in [0.717, 1.165) is 16.3 Å². The molecule has 2 aromatic rings. The highest BCUT2D eigenvalue weighted by Crippen LogP contribution is 2.26. The van der Waals surface area contributed by atoms with E-state index >= 15 is 0 Å². The number of hydrogen-bond acceptors (Lipinski definition) is 5. The topological polar surface area (TPSA) is 38.7 Å². The van der Waals surface area contributed by atoms with Gasteiger partial charge in [-0.3, -0.25) is 4.98 Å². The number of nitrogens with zero attached hydrogens (tertiary/aromatic N) is 3. The van der Waals surface area contributed by atoms with Crippen LogP contribution >= 0.6 is 34.9 Å². The summed E-state index contributed by atoms with van der Waals surface area (Å²) in [5, 5.41) is 3.93. The Morgan fingerprint density at radius 2 is 2.14 bits per heavy atom. The highest BCUT2D eigenvalue weighted by molar-refractivity contribution is 7.98. The molecule has 3 nitrogen and oxygen atoms in total. The molecule has 14 heavy (non-hydrogen) atoms. The lowest BCUT2D eigenvalue weighted by molar-refractivity contribution is 1.07. The van der Waals surface area contributed by atoms with Crippen LogP contribution < -0.4 is 0 Å². The van der Waals surface area contributed by atoms with Gasteiger partial charge in [0.2, 0.25) is 0 Å². The van der Waals surface area contributed by atoms with E-state index in [1.807, 2.05) is 12.1 Å². The Balaban J connectivity index is 1.99. The third-order valence-corrected chi connectivity index (χ3v) is 3.54. The molecule has 0 aliphatic heterocycles. The van der Waals surface area contributed by atoms with E-state index in [1.165, 1.54) is 11.5 Å². The molecule has 2 heterocycles. The highest BCUT2D eigenvalue weighted by atomic mass is 35.5. The van der Waals surface area contributed by atoms with Gasteiger partial charge >= 0.3 is 0 Å². The third-order valence-electron chi connectivity index (χ3n) is 1.53. The van der Waals surface area contributed by atoms with E-state index in [2.05, 4.69) is 14.6 Å². The van der Waals surface area contributed by atoms with Crippen molar-refractivity contribution in [2.24, 2.45) is 0 Å². The molecule has 0 spiro atoms. The second-order valence-corrected chi connectivity index (χ2v) is 4.87. The van der Waals surface area contributed by atoms with E-state index < -0.39 is 0 Å². The predicted molar refractivity (Wildman–Crippen MR) is 58.7 cm³/mol. The van der Waals surface area contributed by atoms with Crippen molar-refractivity contribution >= 4 is 34.9 Å². The predicted octanol–water partition coefficient (Wildman–Crippen LogP) is 2.88. The zero-order valence-electron chi connectivity index (χ0n) is 7.05. The number of halogens is 1. The Labute approximate surface area is 94.7 Å². The normalized spacial score (nSPS) is 10.4. The van der Waals surface area contributed by atoms with Crippen molar-refractivity contribution in [3.8, 4) is 0 Å². The molecule has 0 N–H and O–H groups in total. The average molecular weight is 244 g/mol. The largest absolute Gasteiger partial charge is 0.265 e. The standard InChI is InChI=1S/C8H6ClN3S2/c9-8-7(11-12-14-8)5-13-6-1-3-10-4-2-6/h1-4H,5H2. The molecular weight excluding hydrogens is 238 g/mol. The Morgan fingerprint density at radius 3 is 2.79 bits per heavy atom. The fourth-order valence-corrected chi connectivity index (χ4v) is 2.49. The van der Waals surface area contributed by atoms with Gasteiger partial charge in [0.1, 0.15) is 10.0 Å². The Bertz CT molecular complexity index is 404. The van der Waals surface area contributed by atoms with E-state index in [1.54, 1.807) is 24.2 Å². The quantitative estimate of drug-likeness (QED) is 0.777. The molecule has 0 aliphatic rings. The van der Waals surface area contributed by atoms with Crippen LogP contribution in [0.3, 0.4) is 0 Å². The van der Waals surface area contributed by atoms with E-state index in [0.29, 0.717) is 4.34 Å². The number of aromatic nitrogens is 3. The molecule has 0 aliphatic carbocycles. The van der Waals surface area contributed by atoms with Crippen LogP contribution in [0.15, 0.2) is 29.4 Å². The van der Waals surface area contributed by atoms with E-state index in [4.69, 9.17) is 11.6 Å². The number of thioether (sulfide) groups is 1. The zero-order chi connectivity index (χ0) is 9.80. The van der Waals surface area contributed by atoms with Gasteiger partial charge in [-0.05, 0) is 12.1 Å².